The number of rotatable bonds is 6. The third kappa shape index (κ3) is 25.6. The van der Waals surface area contributed by atoms with Crippen LogP contribution in [0.1, 0.15) is 200 Å². The second-order valence-corrected chi connectivity index (χ2v) is 34.6. The standard InChI is InChI=1S/C16H18.C13H16N2.C13H15NO2.C12H15N3.C12H14N2.C11H14N4.C10H14N4/c1-16(2,3)15-11-9-14(10-12-15)13-7-5-4-6-8-13;1-13(2,3)7-10-4-5-12-11(6-10)8-14-9-15-12;1-13(2,3)8-14-11(15)9-6-4-5-7-10(9)12(14)16;1-12(2,3)6-9-4-5-10-11(15-9)7-13-8-14-10;1-12(2,3)11-8-13-9-6-4-5-7-10(9)14-11;1-11(2,3)4-8-5-13-10-9(15-8)6-12-7-14-10;1-10(2,3)4-8-13-7-5-11-6-12-9(7)14-8/h4-12H,1-3H3;4-6,8-9H,7H2,1-3H3;4-7H,8H2,1-3H3;4-5,7-8H,6H2,1-3H3;4-8H,1-3H3;5-7H,4H2,1-3H3;5-6H,4H2,1-3H3,(H,11,12,13,14). The first-order valence-electron chi connectivity index (χ1n) is 35.9. The highest BCUT2D eigenvalue weighted by Gasteiger charge is 2.37. The molecule has 0 saturated carbocycles. The first kappa shape index (κ1) is 80.1. The number of nitrogens with one attached hydrogen (secondary N) is 1. The van der Waals surface area contributed by atoms with Crippen LogP contribution >= 0.6 is 0 Å². The van der Waals surface area contributed by atoms with Crippen LogP contribution in [-0.4, -0.2) is 98.0 Å². The molecule has 0 aliphatic carbocycles. The van der Waals surface area contributed by atoms with Gasteiger partial charge in [-0.25, -0.2) is 64.8 Å². The molecule has 5 aromatic carbocycles. The highest BCUT2D eigenvalue weighted by Crippen LogP contribution is 2.30. The zero-order valence-corrected chi connectivity index (χ0v) is 65.5. The van der Waals surface area contributed by atoms with Gasteiger partial charge >= 0.3 is 0 Å². The van der Waals surface area contributed by atoms with E-state index < -0.39 is 0 Å². The van der Waals surface area contributed by atoms with Crippen LogP contribution in [0.4, 0.5) is 0 Å². The van der Waals surface area contributed by atoms with E-state index in [4.69, 9.17) is 0 Å². The van der Waals surface area contributed by atoms with E-state index in [1.54, 1.807) is 61.7 Å². The number of pyridine rings is 1. The molecule has 13 aromatic rings. The van der Waals surface area contributed by atoms with Gasteiger partial charge in [0.2, 0.25) is 0 Å². The summed E-state index contributed by atoms with van der Waals surface area (Å²) in [4.78, 5) is 87.5. The molecule has 1 aliphatic rings. The normalized spacial score (nSPS) is 12.4. The van der Waals surface area contributed by atoms with Crippen molar-refractivity contribution in [3.8, 4) is 11.1 Å². The number of hydrogen-bond donors (Lipinski definition) is 1. The van der Waals surface area contributed by atoms with Crippen LogP contribution in [0.5, 0.6) is 0 Å². The Hall–Kier alpha value is -10.6. The van der Waals surface area contributed by atoms with E-state index in [9.17, 15) is 9.59 Å². The summed E-state index contributed by atoms with van der Waals surface area (Å²) in [6, 6.07) is 44.7. The van der Waals surface area contributed by atoms with Gasteiger partial charge in [0, 0.05) is 41.9 Å². The Bertz CT molecular complexity index is 4700. The highest BCUT2D eigenvalue weighted by molar-refractivity contribution is 6.21. The van der Waals surface area contributed by atoms with Crippen LogP contribution < -0.4 is 0 Å². The molecule has 0 bridgehead atoms. The number of aromatic amines is 1. The number of H-pyrrole nitrogens is 1. The van der Waals surface area contributed by atoms with Gasteiger partial charge < -0.3 is 4.98 Å². The monoisotopic (exact) mass is 1410 g/mol. The van der Waals surface area contributed by atoms with Gasteiger partial charge in [-0.15, -0.1) is 0 Å². The van der Waals surface area contributed by atoms with Crippen LogP contribution in [0.25, 0.3) is 66.4 Å². The molecule has 1 aliphatic heterocycles. The van der Waals surface area contributed by atoms with Gasteiger partial charge in [0.15, 0.2) is 11.3 Å². The maximum absolute atomic E-state index is 12.0. The van der Waals surface area contributed by atoms with E-state index >= 15 is 0 Å². The fourth-order valence-corrected chi connectivity index (χ4v) is 11.1. The van der Waals surface area contributed by atoms with E-state index in [2.05, 4.69) is 266 Å². The molecule has 1 N–H and O–H groups in total. The second-order valence-electron chi connectivity index (χ2n) is 34.6. The van der Waals surface area contributed by atoms with E-state index in [1.807, 2.05) is 75.6 Å². The number of nitrogens with zero attached hydrogens (tertiary/aromatic N) is 15. The van der Waals surface area contributed by atoms with Crippen molar-refractivity contribution in [1.29, 1.82) is 0 Å². The van der Waals surface area contributed by atoms with Crippen LogP contribution in [0.3, 0.4) is 0 Å². The molecule has 14 rings (SSSR count). The fourth-order valence-electron chi connectivity index (χ4n) is 11.1. The van der Waals surface area contributed by atoms with Crippen molar-refractivity contribution in [1.82, 2.24) is 79.7 Å². The van der Waals surface area contributed by atoms with Crippen molar-refractivity contribution < 1.29 is 9.59 Å². The molecule has 18 heteroatoms. The maximum Gasteiger partial charge on any atom is 0.261 e. The largest absolute Gasteiger partial charge is 0.339 e. The summed E-state index contributed by atoms with van der Waals surface area (Å²) < 4.78 is 0. The quantitative estimate of drug-likeness (QED) is 0.152. The lowest BCUT2D eigenvalue weighted by Gasteiger charge is -2.24. The number of aromatic nitrogens is 15. The highest BCUT2D eigenvalue weighted by atomic mass is 16.2. The summed E-state index contributed by atoms with van der Waals surface area (Å²) >= 11 is 0. The number of carbonyl (C=O) groups excluding carboxylic acids is 2. The Morgan fingerprint density at radius 2 is 0.857 bits per heavy atom. The van der Waals surface area contributed by atoms with Gasteiger partial charge in [0.25, 0.3) is 11.8 Å². The summed E-state index contributed by atoms with van der Waals surface area (Å²) in [5.74, 6) is 0.638. The minimum absolute atomic E-state index is 0.0665. The lowest BCUT2D eigenvalue weighted by molar-refractivity contribution is 0.0600. The van der Waals surface area contributed by atoms with Gasteiger partial charge in [-0.1, -0.05) is 230 Å². The van der Waals surface area contributed by atoms with E-state index in [-0.39, 0.29) is 44.3 Å². The number of imidazole rings is 1. The molecule has 18 nitrogen and oxygen atoms in total. The molecule has 0 fully saturated rings. The molecule has 9 heterocycles. The maximum atomic E-state index is 12.0. The predicted molar refractivity (Wildman–Crippen MR) is 426 cm³/mol. The van der Waals surface area contributed by atoms with Crippen LogP contribution in [0.15, 0.2) is 196 Å². The number of hydrogen-bond acceptors (Lipinski definition) is 16. The SMILES string of the molecule is CC(C)(C)CN1C(=O)c2ccccc2C1=O.CC(C)(C)Cc1ccc2ncncc2c1.CC(C)(C)Cc1ccc2ncncc2n1.CC(C)(C)Cc1cnc2ncncc2n1.CC(C)(C)Cc1nc2ncncc2[nH]1.CC(C)(C)c1ccc(-c2ccccc2)cc1.CC(C)(C)c1cnc2ccccc2n1. The van der Waals surface area contributed by atoms with Crippen molar-refractivity contribution in [3.05, 3.63) is 241 Å². The van der Waals surface area contributed by atoms with Crippen LogP contribution in [0, 0.1) is 27.1 Å². The summed E-state index contributed by atoms with van der Waals surface area (Å²) in [6.45, 7) is 46.1. The molecule has 0 saturated heterocycles. The Morgan fingerprint density at radius 1 is 0.352 bits per heavy atom. The van der Waals surface area contributed by atoms with Gasteiger partial charge in [-0.05, 0) is 123 Å². The molecular formula is C87H106N16O2. The topological polar surface area (TPSA) is 234 Å². The zero-order chi connectivity index (χ0) is 76.5. The Morgan fingerprint density at radius 3 is 1.45 bits per heavy atom. The van der Waals surface area contributed by atoms with Crippen molar-refractivity contribution in [2.45, 2.75) is 182 Å². The van der Waals surface area contributed by atoms with Gasteiger partial charge in [-0.2, -0.15) is 0 Å². The van der Waals surface area contributed by atoms with Gasteiger partial charge in [-0.3, -0.25) is 19.5 Å². The number of benzene rings is 5. The Labute approximate surface area is 620 Å². The van der Waals surface area contributed by atoms with Crippen LogP contribution in [-0.2, 0) is 36.5 Å². The molecule has 8 aromatic heterocycles. The lowest BCUT2D eigenvalue weighted by Crippen LogP contribution is -2.37. The summed E-state index contributed by atoms with van der Waals surface area (Å²) in [6.07, 6.45) is 20.8. The number of carbonyl (C=O) groups is 2. The van der Waals surface area contributed by atoms with Crippen molar-refractivity contribution in [2.24, 2.45) is 27.1 Å². The third-order valence-electron chi connectivity index (χ3n) is 15.9. The van der Waals surface area contributed by atoms with Gasteiger partial charge in [0.05, 0.1) is 69.4 Å². The summed E-state index contributed by atoms with van der Waals surface area (Å²) in [7, 11) is 0. The predicted octanol–water partition coefficient (Wildman–Crippen LogP) is 19.7. The number of fused-ring (bicyclic) bond motifs is 6. The zero-order valence-electron chi connectivity index (χ0n) is 65.5. The number of amides is 2. The number of para-hydroxylation sites is 2. The van der Waals surface area contributed by atoms with Crippen molar-refractivity contribution in [2.75, 3.05) is 6.54 Å². The molecular weight excluding hydrogens is 1300 g/mol. The smallest absolute Gasteiger partial charge is 0.261 e. The average Bonchev–Trinajstić information content (AvgIpc) is 1.63. The van der Waals surface area contributed by atoms with Gasteiger partial charge in [0.1, 0.15) is 47.7 Å². The lowest BCUT2D eigenvalue weighted by atomic mass is 9.86. The van der Waals surface area contributed by atoms with E-state index in [0.717, 1.165) is 98.2 Å². The first-order valence-corrected chi connectivity index (χ1v) is 35.9. The second kappa shape index (κ2) is 34.3. The molecule has 105 heavy (non-hydrogen) atoms. The average molecular weight is 1410 g/mol. The summed E-state index contributed by atoms with van der Waals surface area (Å²) in [5, 5.41) is 1.12. The third-order valence-corrected chi connectivity index (χ3v) is 15.9. The molecule has 0 spiro atoms. The Balaban J connectivity index is 0.000000155. The minimum Gasteiger partial charge on any atom is -0.339 e. The minimum atomic E-state index is -0.171. The van der Waals surface area contributed by atoms with E-state index in [1.165, 1.54) is 39.8 Å². The number of imide groups is 1. The molecule has 0 atom stereocenters. The molecule has 0 unspecified atom stereocenters. The van der Waals surface area contributed by atoms with Crippen LogP contribution in [0.2, 0.25) is 0 Å². The Kier molecular flexibility index (Phi) is 26.2. The van der Waals surface area contributed by atoms with Crippen molar-refractivity contribution in [3.63, 3.8) is 0 Å². The molecule has 2 amide bonds. The summed E-state index contributed by atoms with van der Waals surface area (Å²) in [5.41, 5.74) is 18.5. The van der Waals surface area contributed by atoms with Crippen molar-refractivity contribution >= 4 is 67.1 Å². The fraction of sp³-hybridized carbons (Fsp3) is 0.379. The van der Waals surface area contributed by atoms with E-state index in [0.29, 0.717) is 28.7 Å². The molecule has 546 valence electrons. The first-order chi connectivity index (χ1) is 49.2. The molecule has 0 radical (unpaired) electrons.